The van der Waals surface area contributed by atoms with E-state index in [9.17, 15) is 14.3 Å². The van der Waals surface area contributed by atoms with Gasteiger partial charge < -0.3 is 19.5 Å². The number of aliphatic hydroxyl groups is 1. The molecule has 1 aromatic heterocycles. The van der Waals surface area contributed by atoms with Crippen molar-refractivity contribution in [2.24, 2.45) is 0 Å². The molecule has 0 spiro atoms. The number of fused-ring (bicyclic) bond motifs is 1. The zero-order valence-electron chi connectivity index (χ0n) is 20.8. The maximum atomic E-state index is 13.5. The summed E-state index contributed by atoms with van der Waals surface area (Å²) >= 11 is 1.70. The number of thiophene rings is 1. The van der Waals surface area contributed by atoms with Crippen molar-refractivity contribution in [2.45, 2.75) is 64.8 Å². The zero-order valence-corrected chi connectivity index (χ0v) is 21.6. The Balaban J connectivity index is 1.68. The molecule has 6 nitrogen and oxygen atoms in total. The molecule has 1 aliphatic heterocycles. The van der Waals surface area contributed by atoms with E-state index in [-0.39, 0.29) is 42.6 Å². The first-order valence-corrected chi connectivity index (χ1v) is 12.7. The van der Waals surface area contributed by atoms with Crippen molar-refractivity contribution in [1.29, 1.82) is 0 Å². The van der Waals surface area contributed by atoms with Crippen molar-refractivity contribution < 1.29 is 23.8 Å². The maximum absolute atomic E-state index is 13.5. The first-order chi connectivity index (χ1) is 16.0. The van der Waals surface area contributed by atoms with E-state index < -0.39 is 6.10 Å². The molecule has 1 aromatic carbocycles. The lowest BCUT2D eigenvalue weighted by molar-refractivity contribution is -0.137. The number of aliphatic hydroxyl groups excluding tert-OH is 1. The second kappa shape index (κ2) is 11.6. The van der Waals surface area contributed by atoms with Crippen LogP contribution in [-0.2, 0) is 16.0 Å². The SMILES string of the molecule is CC(C)N(CC(=O)N1CCc2sccc2[C@@H]1COc1ccc(F)cc1)C[C@H](O)COC(C)(C)C. The third-order valence-electron chi connectivity index (χ3n) is 5.86. The summed E-state index contributed by atoms with van der Waals surface area (Å²) in [7, 11) is 0. The Morgan fingerprint density at radius 3 is 2.62 bits per heavy atom. The molecular formula is C26H37FN2O4S. The van der Waals surface area contributed by atoms with E-state index in [0.717, 1.165) is 12.0 Å². The number of rotatable bonds is 10. The fourth-order valence-electron chi connectivity index (χ4n) is 3.97. The number of halogens is 1. The second-order valence-electron chi connectivity index (χ2n) is 10.0. The van der Waals surface area contributed by atoms with Crippen molar-refractivity contribution >= 4 is 17.2 Å². The molecule has 2 aromatic rings. The Hall–Kier alpha value is -2.00. The molecule has 0 fully saturated rings. The van der Waals surface area contributed by atoms with Gasteiger partial charge in [-0.25, -0.2) is 4.39 Å². The summed E-state index contributed by atoms with van der Waals surface area (Å²) in [5, 5.41) is 12.6. The highest BCUT2D eigenvalue weighted by Crippen LogP contribution is 2.34. The summed E-state index contributed by atoms with van der Waals surface area (Å²) in [6.07, 6.45) is 0.132. The van der Waals surface area contributed by atoms with Crippen LogP contribution in [0.2, 0.25) is 0 Å². The number of carbonyl (C=O) groups is 1. The molecule has 0 unspecified atom stereocenters. The number of amides is 1. The molecule has 1 amide bonds. The van der Waals surface area contributed by atoms with E-state index in [2.05, 4.69) is 11.4 Å². The standard InChI is InChI=1S/C26H37FN2O4S/c1-18(2)28(14-20(30)16-33-26(3,4)5)15-25(31)29-12-10-24-22(11-13-34-24)23(29)17-32-21-8-6-19(27)7-9-21/h6-9,11,13,18,20,23,30H,10,12,14-17H2,1-5H3/t20-,23-/m0/s1. The van der Waals surface area contributed by atoms with Crippen molar-refractivity contribution in [3.63, 3.8) is 0 Å². The van der Waals surface area contributed by atoms with Crippen molar-refractivity contribution in [3.8, 4) is 5.75 Å². The lowest BCUT2D eigenvalue weighted by atomic mass is 10.00. The molecule has 0 aliphatic carbocycles. The topological polar surface area (TPSA) is 62.2 Å². The van der Waals surface area contributed by atoms with Gasteiger partial charge in [0.2, 0.25) is 5.91 Å². The molecule has 0 radical (unpaired) electrons. The highest BCUT2D eigenvalue weighted by atomic mass is 32.1. The highest BCUT2D eigenvalue weighted by Gasteiger charge is 2.33. The Labute approximate surface area is 206 Å². The second-order valence-corrected chi connectivity index (χ2v) is 11.0. The Bertz CT molecular complexity index is 926. The molecular weight excluding hydrogens is 455 g/mol. The molecule has 2 atom stereocenters. The van der Waals surface area contributed by atoms with Crippen LogP contribution in [0.3, 0.4) is 0 Å². The molecule has 34 heavy (non-hydrogen) atoms. The highest BCUT2D eigenvalue weighted by molar-refractivity contribution is 7.10. The smallest absolute Gasteiger partial charge is 0.237 e. The van der Waals surface area contributed by atoms with Gasteiger partial charge in [0, 0.05) is 24.0 Å². The lowest BCUT2D eigenvalue weighted by Crippen LogP contribution is -2.49. The molecule has 8 heteroatoms. The lowest BCUT2D eigenvalue weighted by Gasteiger charge is -2.38. The minimum Gasteiger partial charge on any atom is -0.491 e. The summed E-state index contributed by atoms with van der Waals surface area (Å²) in [5.41, 5.74) is 0.782. The quantitative estimate of drug-likeness (QED) is 0.537. The van der Waals surface area contributed by atoms with Gasteiger partial charge in [-0.2, -0.15) is 0 Å². The van der Waals surface area contributed by atoms with Crippen molar-refractivity contribution in [1.82, 2.24) is 9.80 Å². The predicted molar refractivity (Wildman–Crippen MR) is 133 cm³/mol. The van der Waals surface area contributed by atoms with E-state index in [1.54, 1.807) is 23.5 Å². The minimum atomic E-state index is -0.683. The van der Waals surface area contributed by atoms with Crippen LogP contribution in [0.4, 0.5) is 4.39 Å². The summed E-state index contributed by atoms with van der Waals surface area (Å²) in [6.45, 7) is 11.6. The van der Waals surface area contributed by atoms with Crippen LogP contribution >= 0.6 is 11.3 Å². The Kier molecular flexibility index (Phi) is 9.09. The maximum Gasteiger partial charge on any atom is 0.237 e. The average molecular weight is 493 g/mol. The van der Waals surface area contributed by atoms with Crippen LogP contribution in [0.15, 0.2) is 35.7 Å². The van der Waals surface area contributed by atoms with Crippen LogP contribution in [0.25, 0.3) is 0 Å². The van der Waals surface area contributed by atoms with E-state index in [4.69, 9.17) is 9.47 Å². The number of hydrogen-bond acceptors (Lipinski definition) is 6. The van der Waals surface area contributed by atoms with Gasteiger partial charge in [-0.3, -0.25) is 9.69 Å². The van der Waals surface area contributed by atoms with Crippen LogP contribution in [0, 0.1) is 5.82 Å². The summed E-state index contributed by atoms with van der Waals surface area (Å²) in [6, 6.07) is 7.86. The van der Waals surface area contributed by atoms with E-state index in [1.807, 2.05) is 44.4 Å². The van der Waals surface area contributed by atoms with Gasteiger partial charge in [0.05, 0.1) is 30.9 Å². The largest absolute Gasteiger partial charge is 0.491 e. The van der Waals surface area contributed by atoms with Crippen LogP contribution in [-0.4, -0.2) is 71.4 Å². The summed E-state index contributed by atoms with van der Waals surface area (Å²) < 4.78 is 24.9. The molecule has 0 saturated heterocycles. The first-order valence-electron chi connectivity index (χ1n) is 11.8. The Morgan fingerprint density at radius 2 is 1.97 bits per heavy atom. The number of hydrogen-bond donors (Lipinski definition) is 1. The fraction of sp³-hybridized carbons (Fsp3) is 0.577. The van der Waals surface area contributed by atoms with Gasteiger partial charge in [0.15, 0.2) is 0 Å². The van der Waals surface area contributed by atoms with Gasteiger partial charge >= 0.3 is 0 Å². The van der Waals surface area contributed by atoms with E-state index in [1.165, 1.54) is 17.0 Å². The number of benzene rings is 1. The molecule has 0 bridgehead atoms. The van der Waals surface area contributed by atoms with Crippen LogP contribution < -0.4 is 4.74 Å². The van der Waals surface area contributed by atoms with Crippen molar-refractivity contribution in [3.05, 3.63) is 52.0 Å². The summed E-state index contributed by atoms with van der Waals surface area (Å²) in [5.74, 6) is 0.259. The molecule has 1 N–H and O–H groups in total. The molecule has 188 valence electrons. The average Bonchev–Trinajstić information content (AvgIpc) is 3.25. The van der Waals surface area contributed by atoms with E-state index >= 15 is 0 Å². The predicted octanol–water partition coefficient (Wildman–Crippen LogP) is 4.28. The molecule has 0 saturated carbocycles. The monoisotopic (exact) mass is 492 g/mol. The third-order valence-corrected chi connectivity index (χ3v) is 6.86. The number of carbonyl (C=O) groups excluding carboxylic acids is 1. The minimum absolute atomic E-state index is 0.00203. The first kappa shape index (κ1) is 26.6. The zero-order chi connectivity index (χ0) is 24.9. The van der Waals surface area contributed by atoms with Crippen LogP contribution in [0.5, 0.6) is 5.75 Å². The van der Waals surface area contributed by atoms with Gasteiger partial charge in [0.25, 0.3) is 0 Å². The van der Waals surface area contributed by atoms with Gasteiger partial charge in [0.1, 0.15) is 18.2 Å². The number of ether oxygens (including phenoxy) is 2. The van der Waals surface area contributed by atoms with E-state index in [0.29, 0.717) is 25.4 Å². The third kappa shape index (κ3) is 7.50. The van der Waals surface area contributed by atoms with Gasteiger partial charge in [-0.1, -0.05) is 0 Å². The van der Waals surface area contributed by atoms with Crippen LogP contribution in [0.1, 0.15) is 51.1 Å². The molecule has 2 heterocycles. The van der Waals surface area contributed by atoms with Crippen molar-refractivity contribution in [2.75, 3.05) is 32.8 Å². The normalized spacial score (nSPS) is 17.2. The van der Waals surface area contributed by atoms with Gasteiger partial charge in [-0.05, 0) is 82.3 Å². The van der Waals surface area contributed by atoms with Gasteiger partial charge in [-0.15, -0.1) is 11.3 Å². The summed E-state index contributed by atoms with van der Waals surface area (Å²) in [4.78, 5) is 18.6. The molecule has 3 rings (SSSR count). The Morgan fingerprint density at radius 1 is 1.26 bits per heavy atom. The number of nitrogens with zero attached hydrogens (tertiary/aromatic N) is 2. The molecule has 1 aliphatic rings. The fourth-order valence-corrected chi connectivity index (χ4v) is 4.90.